The summed E-state index contributed by atoms with van der Waals surface area (Å²) in [6.45, 7) is 5.15. The van der Waals surface area contributed by atoms with Crippen LogP contribution in [0.25, 0.3) is 0 Å². The summed E-state index contributed by atoms with van der Waals surface area (Å²) >= 11 is 0. The van der Waals surface area contributed by atoms with Crippen LogP contribution >= 0.6 is 0 Å². The van der Waals surface area contributed by atoms with E-state index in [1.807, 2.05) is 0 Å². The van der Waals surface area contributed by atoms with Crippen molar-refractivity contribution in [3.8, 4) is 0 Å². The number of fused-ring (bicyclic) bond motifs is 3. The van der Waals surface area contributed by atoms with Crippen LogP contribution in [-0.4, -0.2) is 18.2 Å². The Balaban J connectivity index is 2.02. The Morgan fingerprint density at radius 3 is 2.57 bits per heavy atom. The molecule has 1 saturated heterocycles. The standard InChI is InChI=1S/C11H17NO2/c1-10(2)7-3-4-8(5-7)11(10)6-14-9(13)12-11/h7-8H,3-6H2,1-2H3,(H,12,13)/t7-,8+,11?/m1/s1. The van der Waals surface area contributed by atoms with E-state index >= 15 is 0 Å². The van der Waals surface area contributed by atoms with Crippen molar-refractivity contribution in [2.24, 2.45) is 17.3 Å². The molecule has 3 rings (SSSR count). The van der Waals surface area contributed by atoms with Crippen LogP contribution in [-0.2, 0) is 4.74 Å². The zero-order chi connectivity index (χ0) is 9.97. The minimum absolute atomic E-state index is 0.0486. The maximum atomic E-state index is 11.2. The van der Waals surface area contributed by atoms with Crippen molar-refractivity contribution in [2.45, 2.75) is 38.6 Å². The maximum absolute atomic E-state index is 11.2. The summed E-state index contributed by atoms with van der Waals surface area (Å²) in [7, 11) is 0. The van der Waals surface area contributed by atoms with E-state index in [9.17, 15) is 4.79 Å². The molecule has 0 radical (unpaired) electrons. The van der Waals surface area contributed by atoms with E-state index in [-0.39, 0.29) is 17.0 Å². The molecule has 3 atom stereocenters. The van der Waals surface area contributed by atoms with Crippen LogP contribution < -0.4 is 5.32 Å². The number of carbonyl (C=O) groups excluding carboxylic acids is 1. The Kier molecular flexibility index (Phi) is 1.38. The molecule has 2 bridgehead atoms. The molecule has 1 unspecified atom stereocenters. The van der Waals surface area contributed by atoms with Crippen LogP contribution in [0, 0.1) is 17.3 Å². The van der Waals surface area contributed by atoms with Gasteiger partial charge >= 0.3 is 6.09 Å². The third-order valence-electron chi connectivity index (χ3n) is 5.06. The third kappa shape index (κ3) is 0.733. The van der Waals surface area contributed by atoms with Gasteiger partial charge in [-0.2, -0.15) is 0 Å². The highest BCUT2D eigenvalue weighted by Crippen LogP contribution is 2.62. The molecule has 2 saturated carbocycles. The van der Waals surface area contributed by atoms with E-state index in [2.05, 4.69) is 19.2 Å². The van der Waals surface area contributed by atoms with E-state index in [1.54, 1.807) is 0 Å². The third-order valence-corrected chi connectivity index (χ3v) is 5.06. The van der Waals surface area contributed by atoms with Crippen LogP contribution in [0.3, 0.4) is 0 Å². The quantitative estimate of drug-likeness (QED) is 0.641. The van der Waals surface area contributed by atoms with Gasteiger partial charge in [-0.15, -0.1) is 0 Å². The predicted molar refractivity (Wildman–Crippen MR) is 51.8 cm³/mol. The van der Waals surface area contributed by atoms with E-state index in [0.717, 1.165) is 5.92 Å². The lowest BCUT2D eigenvalue weighted by molar-refractivity contribution is 0.0550. The fourth-order valence-corrected chi connectivity index (χ4v) is 3.98. The van der Waals surface area contributed by atoms with Gasteiger partial charge in [0.2, 0.25) is 0 Å². The van der Waals surface area contributed by atoms with Gasteiger partial charge in [0.1, 0.15) is 6.61 Å². The average molecular weight is 195 g/mol. The second kappa shape index (κ2) is 2.26. The number of cyclic esters (lactones) is 1. The van der Waals surface area contributed by atoms with Gasteiger partial charge < -0.3 is 10.1 Å². The molecular formula is C11H17NO2. The maximum Gasteiger partial charge on any atom is 0.407 e. The summed E-state index contributed by atoms with van der Waals surface area (Å²) in [5.41, 5.74) is 0.162. The normalized spacial score (nSPS) is 48.3. The van der Waals surface area contributed by atoms with E-state index in [0.29, 0.717) is 12.5 Å². The van der Waals surface area contributed by atoms with E-state index in [4.69, 9.17) is 4.74 Å². The molecule has 1 N–H and O–H groups in total. The Morgan fingerprint density at radius 2 is 2.07 bits per heavy atom. The molecule has 0 aromatic rings. The molecule has 1 heterocycles. The summed E-state index contributed by atoms with van der Waals surface area (Å²) in [6.07, 6.45) is 3.65. The minimum atomic E-state index is -0.217. The van der Waals surface area contributed by atoms with Gasteiger partial charge in [-0.3, -0.25) is 0 Å². The zero-order valence-electron chi connectivity index (χ0n) is 8.80. The van der Waals surface area contributed by atoms with Crippen molar-refractivity contribution < 1.29 is 9.53 Å². The fraction of sp³-hybridized carbons (Fsp3) is 0.909. The monoisotopic (exact) mass is 195 g/mol. The molecule has 1 aliphatic heterocycles. The highest BCUT2D eigenvalue weighted by atomic mass is 16.6. The first-order valence-electron chi connectivity index (χ1n) is 5.51. The second-order valence-electron chi connectivity index (χ2n) is 5.60. The topological polar surface area (TPSA) is 38.3 Å². The number of amides is 1. The van der Waals surface area contributed by atoms with Gasteiger partial charge in [0, 0.05) is 0 Å². The second-order valence-corrected chi connectivity index (χ2v) is 5.60. The molecular weight excluding hydrogens is 178 g/mol. The smallest absolute Gasteiger partial charge is 0.407 e. The predicted octanol–water partition coefficient (Wildman–Crippen LogP) is 1.92. The largest absolute Gasteiger partial charge is 0.447 e. The average Bonchev–Trinajstić information content (AvgIpc) is 2.72. The summed E-state index contributed by atoms with van der Waals surface area (Å²) in [5.74, 6) is 1.42. The van der Waals surface area contributed by atoms with Gasteiger partial charge in [-0.25, -0.2) is 4.79 Å². The van der Waals surface area contributed by atoms with Gasteiger partial charge in [-0.05, 0) is 36.5 Å². The van der Waals surface area contributed by atoms with Crippen molar-refractivity contribution in [1.82, 2.24) is 5.32 Å². The lowest BCUT2D eigenvalue weighted by atomic mass is 9.64. The van der Waals surface area contributed by atoms with Crippen LogP contribution in [0.5, 0.6) is 0 Å². The molecule has 3 aliphatic rings. The lowest BCUT2D eigenvalue weighted by Gasteiger charge is -2.45. The first kappa shape index (κ1) is 8.57. The van der Waals surface area contributed by atoms with Crippen LogP contribution in [0.15, 0.2) is 0 Å². The molecule has 0 aromatic heterocycles. The van der Waals surface area contributed by atoms with Crippen molar-refractivity contribution in [3.63, 3.8) is 0 Å². The Bertz CT molecular complexity index is 300. The van der Waals surface area contributed by atoms with Crippen molar-refractivity contribution in [3.05, 3.63) is 0 Å². The summed E-state index contributed by atoms with van der Waals surface area (Å²) in [5, 5.41) is 3.09. The molecule has 3 nitrogen and oxygen atoms in total. The van der Waals surface area contributed by atoms with Gasteiger partial charge in [-0.1, -0.05) is 13.8 Å². The van der Waals surface area contributed by atoms with E-state index < -0.39 is 0 Å². The lowest BCUT2D eigenvalue weighted by Crippen LogP contribution is -2.58. The number of nitrogens with one attached hydrogen (secondary N) is 1. The van der Waals surface area contributed by atoms with E-state index in [1.165, 1.54) is 19.3 Å². The molecule has 3 heteroatoms. The molecule has 78 valence electrons. The number of alkyl carbamates (subject to hydrolysis) is 1. The minimum Gasteiger partial charge on any atom is -0.447 e. The number of hydrogen-bond donors (Lipinski definition) is 1. The van der Waals surface area contributed by atoms with Gasteiger partial charge in [0.15, 0.2) is 0 Å². The fourth-order valence-electron chi connectivity index (χ4n) is 3.98. The van der Waals surface area contributed by atoms with Crippen LogP contribution in [0.1, 0.15) is 33.1 Å². The summed E-state index contributed by atoms with van der Waals surface area (Å²) in [4.78, 5) is 11.2. The summed E-state index contributed by atoms with van der Waals surface area (Å²) < 4.78 is 5.13. The Labute approximate surface area is 84.2 Å². The first-order valence-corrected chi connectivity index (χ1v) is 5.51. The van der Waals surface area contributed by atoms with Gasteiger partial charge in [0.05, 0.1) is 5.54 Å². The van der Waals surface area contributed by atoms with Crippen molar-refractivity contribution >= 4 is 6.09 Å². The number of carbonyl (C=O) groups is 1. The molecule has 0 aromatic carbocycles. The number of hydrogen-bond acceptors (Lipinski definition) is 2. The SMILES string of the molecule is CC1(C)[C@@H]2CC[C@@H](C2)C12COC(=O)N2. The molecule has 14 heavy (non-hydrogen) atoms. The van der Waals surface area contributed by atoms with Crippen molar-refractivity contribution in [2.75, 3.05) is 6.61 Å². The number of ether oxygens (including phenoxy) is 1. The highest BCUT2D eigenvalue weighted by Gasteiger charge is 2.66. The van der Waals surface area contributed by atoms with Crippen LogP contribution in [0.4, 0.5) is 4.79 Å². The Morgan fingerprint density at radius 1 is 1.36 bits per heavy atom. The Hall–Kier alpha value is -0.730. The van der Waals surface area contributed by atoms with Gasteiger partial charge in [0.25, 0.3) is 0 Å². The molecule has 1 spiro atoms. The highest BCUT2D eigenvalue weighted by molar-refractivity contribution is 5.71. The molecule has 3 fully saturated rings. The van der Waals surface area contributed by atoms with Crippen molar-refractivity contribution in [1.29, 1.82) is 0 Å². The molecule has 1 amide bonds. The zero-order valence-corrected chi connectivity index (χ0v) is 8.80. The van der Waals surface area contributed by atoms with Crippen LogP contribution in [0.2, 0.25) is 0 Å². The first-order chi connectivity index (χ1) is 6.56. The summed E-state index contributed by atoms with van der Waals surface area (Å²) in [6, 6.07) is 0. The molecule has 2 aliphatic carbocycles. The number of rotatable bonds is 0.